The highest BCUT2D eigenvalue weighted by Crippen LogP contribution is 2.27. The summed E-state index contributed by atoms with van der Waals surface area (Å²) in [4.78, 5) is 26.2. The van der Waals surface area contributed by atoms with Crippen molar-refractivity contribution in [3.8, 4) is 5.75 Å². The molecule has 1 amide bonds. The quantitative estimate of drug-likeness (QED) is 0.650. The summed E-state index contributed by atoms with van der Waals surface area (Å²) in [6.45, 7) is 0.437. The fourth-order valence-electron chi connectivity index (χ4n) is 3.20. The zero-order chi connectivity index (χ0) is 19.2. The summed E-state index contributed by atoms with van der Waals surface area (Å²) >= 11 is 3.43. The number of anilines is 1. The van der Waals surface area contributed by atoms with Crippen LogP contribution in [0.1, 0.15) is 24.0 Å². The zero-order valence-electron chi connectivity index (χ0n) is 15.2. The molecule has 0 N–H and O–H groups in total. The summed E-state index contributed by atoms with van der Waals surface area (Å²) in [5.41, 5.74) is 3.08. The van der Waals surface area contributed by atoms with E-state index in [9.17, 15) is 9.59 Å². The number of rotatable bonds is 6. The summed E-state index contributed by atoms with van der Waals surface area (Å²) < 4.78 is 11.2. The number of hydrogen-bond donors (Lipinski definition) is 0. The van der Waals surface area contributed by atoms with Gasteiger partial charge >= 0.3 is 5.97 Å². The molecule has 1 aliphatic rings. The number of carbonyl (C=O) groups excluding carboxylic acids is 2. The van der Waals surface area contributed by atoms with Crippen molar-refractivity contribution in [2.45, 2.75) is 25.7 Å². The lowest BCUT2D eigenvalue weighted by Gasteiger charge is -2.29. The first-order chi connectivity index (χ1) is 13.1. The van der Waals surface area contributed by atoms with Gasteiger partial charge in [0.2, 0.25) is 0 Å². The summed E-state index contributed by atoms with van der Waals surface area (Å²) in [6, 6.07) is 13.5. The number of esters is 1. The Morgan fingerprint density at radius 1 is 1.19 bits per heavy atom. The first-order valence-corrected chi connectivity index (χ1v) is 9.74. The van der Waals surface area contributed by atoms with Crippen LogP contribution in [0.2, 0.25) is 0 Å². The Bertz CT molecular complexity index is 837. The van der Waals surface area contributed by atoms with Crippen molar-refractivity contribution in [1.29, 1.82) is 0 Å². The average molecular weight is 432 g/mol. The summed E-state index contributed by atoms with van der Waals surface area (Å²) in [5.74, 6) is 0.192. The maximum absolute atomic E-state index is 12.5. The second-order valence-corrected chi connectivity index (χ2v) is 7.26. The van der Waals surface area contributed by atoms with Gasteiger partial charge in [0.25, 0.3) is 5.91 Å². The largest absolute Gasteiger partial charge is 0.496 e. The van der Waals surface area contributed by atoms with E-state index in [2.05, 4.69) is 15.9 Å². The van der Waals surface area contributed by atoms with Crippen LogP contribution in [-0.2, 0) is 27.2 Å². The molecular weight excluding hydrogens is 410 g/mol. The van der Waals surface area contributed by atoms with E-state index in [1.807, 2.05) is 42.5 Å². The summed E-state index contributed by atoms with van der Waals surface area (Å²) in [7, 11) is 1.61. The van der Waals surface area contributed by atoms with E-state index in [0.717, 1.165) is 39.9 Å². The van der Waals surface area contributed by atoms with Crippen LogP contribution in [0.5, 0.6) is 5.75 Å². The van der Waals surface area contributed by atoms with Crippen molar-refractivity contribution >= 4 is 33.5 Å². The minimum absolute atomic E-state index is 0.178. The highest BCUT2D eigenvalue weighted by atomic mass is 79.9. The normalized spacial score (nSPS) is 13.0. The number of amides is 1. The van der Waals surface area contributed by atoms with Crippen molar-refractivity contribution in [1.82, 2.24) is 0 Å². The maximum atomic E-state index is 12.5. The summed E-state index contributed by atoms with van der Waals surface area (Å²) in [5, 5.41) is 0. The molecule has 0 atom stereocenters. The maximum Gasteiger partial charge on any atom is 0.306 e. The lowest BCUT2D eigenvalue weighted by atomic mass is 10.0. The van der Waals surface area contributed by atoms with Crippen molar-refractivity contribution in [3.63, 3.8) is 0 Å². The topological polar surface area (TPSA) is 55.8 Å². The molecule has 0 bridgehead atoms. The van der Waals surface area contributed by atoms with E-state index in [1.54, 1.807) is 12.0 Å². The van der Waals surface area contributed by atoms with Crippen LogP contribution in [0.25, 0.3) is 0 Å². The number of aryl methyl sites for hydroxylation is 2. The Labute approximate surface area is 167 Å². The third-order valence-corrected chi connectivity index (χ3v) is 5.22. The molecule has 0 aromatic heterocycles. The first-order valence-electron chi connectivity index (χ1n) is 8.95. The van der Waals surface area contributed by atoms with Gasteiger partial charge in [0.05, 0.1) is 11.6 Å². The van der Waals surface area contributed by atoms with E-state index in [4.69, 9.17) is 9.47 Å². The van der Waals surface area contributed by atoms with Gasteiger partial charge in [-0.2, -0.15) is 0 Å². The standard InChI is InChI=1S/C21H22BrNO4/c1-26-19-10-8-15(13-17(19)22)9-11-21(25)27-14-20(24)23-12-4-6-16-5-2-3-7-18(16)23/h2-3,5,7-8,10,13H,4,6,9,11-12,14H2,1H3. The van der Waals surface area contributed by atoms with Crippen LogP contribution in [0.4, 0.5) is 5.69 Å². The van der Waals surface area contributed by atoms with Crippen molar-refractivity contribution in [2.75, 3.05) is 25.2 Å². The zero-order valence-corrected chi connectivity index (χ0v) is 16.8. The van der Waals surface area contributed by atoms with Gasteiger partial charge in [0.1, 0.15) is 5.75 Å². The highest BCUT2D eigenvalue weighted by molar-refractivity contribution is 9.10. The molecule has 0 radical (unpaired) electrons. The first kappa shape index (κ1) is 19.4. The van der Waals surface area contributed by atoms with Crippen LogP contribution < -0.4 is 9.64 Å². The molecule has 3 rings (SSSR count). The number of para-hydroxylation sites is 1. The van der Waals surface area contributed by atoms with Gasteiger partial charge in [0, 0.05) is 18.7 Å². The highest BCUT2D eigenvalue weighted by Gasteiger charge is 2.22. The number of carbonyl (C=O) groups is 2. The van der Waals surface area contributed by atoms with Crippen LogP contribution in [-0.4, -0.2) is 32.1 Å². The smallest absolute Gasteiger partial charge is 0.306 e. The molecule has 2 aromatic rings. The van der Waals surface area contributed by atoms with Crippen LogP contribution in [0.15, 0.2) is 46.9 Å². The Morgan fingerprint density at radius 3 is 2.78 bits per heavy atom. The second kappa shape index (κ2) is 9.04. The molecule has 2 aromatic carbocycles. The molecule has 5 nitrogen and oxygen atoms in total. The van der Waals surface area contributed by atoms with Crippen LogP contribution in [0.3, 0.4) is 0 Å². The SMILES string of the molecule is COc1ccc(CCC(=O)OCC(=O)N2CCCc3ccccc32)cc1Br. The predicted molar refractivity (Wildman–Crippen MR) is 107 cm³/mol. The molecular formula is C21H22BrNO4. The molecule has 1 heterocycles. The van der Waals surface area contributed by atoms with Crippen LogP contribution in [0, 0.1) is 0 Å². The molecule has 0 aliphatic carbocycles. The molecule has 27 heavy (non-hydrogen) atoms. The van der Waals surface area contributed by atoms with E-state index in [1.165, 1.54) is 0 Å². The van der Waals surface area contributed by atoms with E-state index >= 15 is 0 Å². The third kappa shape index (κ3) is 4.89. The number of ether oxygens (including phenoxy) is 2. The fourth-order valence-corrected chi connectivity index (χ4v) is 3.78. The van der Waals surface area contributed by atoms with Gasteiger partial charge in [-0.1, -0.05) is 24.3 Å². The number of fused-ring (bicyclic) bond motifs is 1. The van der Waals surface area contributed by atoms with Gasteiger partial charge in [-0.25, -0.2) is 0 Å². The van der Waals surface area contributed by atoms with Crippen molar-refractivity contribution < 1.29 is 19.1 Å². The monoisotopic (exact) mass is 431 g/mol. The second-order valence-electron chi connectivity index (χ2n) is 6.41. The molecule has 0 unspecified atom stereocenters. The van der Waals surface area contributed by atoms with E-state index < -0.39 is 0 Å². The number of halogens is 1. The van der Waals surface area contributed by atoms with Gasteiger partial charge < -0.3 is 14.4 Å². The molecule has 0 fully saturated rings. The Hall–Kier alpha value is -2.34. The Kier molecular flexibility index (Phi) is 6.50. The minimum atomic E-state index is -0.374. The molecule has 0 saturated heterocycles. The lowest BCUT2D eigenvalue weighted by Crippen LogP contribution is -2.38. The number of hydrogen-bond acceptors (Lipinski definition) is 4. The Balaban J connectivity index is 1.49. The average Bonchev–Trinajstić information content (AvgIpc) is 2.70. The number of benzene rings is 2. The third-order valence-electron chi connectivity index (χ3n) is 4.60. The van der Waals surface area contributed by atoms with E-state index in [-0.39, 0.29) is 24.9 Å². The van der Waals surface area contributed by atoms with Crippen molar-refractivity contribution in [3.05, 3.63) is 58.1 Å². The predicted octanol–water partition coefficient (Wildman–Crippen LogP) is 3.91. The summed E-state index contributed by atoms with van der Waals surface area (Å²) in [6.07, 6.45) is 2.66. The van der Waals surface area contributed by atoms with Gasteiger partial charge in [0.15, 0.2) is 6.61 Å². The number of methoxy groups -OCH3 is 1. The Morgan fingerprint density at radius 2 is 2.00 bits per heavy atom. The minimum Gasteiger partial charge on any atom is -0.496 e. The molecule has 0 saturated carbocycles. The van der Waals surface area contributed by atoms with Gasteiger partial charge in [-0.05, 0) is 64.5 Å². The lowest BCUT2D eigenvalue weighted by molar-refractivity contribution is -0.147. The van der Waals surface area contributed by atoms with E-state index in [0.29, 0.717) is 13.0 Å². The molecule has 142 valence electrons. The van der Waals surface area contributed by atoms with Crippen LogP contribution >= 0.6 is 15.9 Å². The number of nitrogens with zero attached hydrogens (tertiary/aromatic N) is 1. The molecule has 6 heteroatoms. The van der Waals surface area contributed by atoms with Gasteiger partial charge in [-0.15, -0.1) is 0 Å². The fraction of sp³-hybridized carbons (Fsp3) is 0.333. The van der Waals surface area contributed by atoms with Crippen molar-refractivity contribution in [2.24, 2.45) is 0 Å². The van der Waals surface area contributed by atoms with Gasteiger partial charge in [-0.3, -0.25) is 9.59 Å². The molecule has 1 aliphatic heterocycles. The molecule has 0 spiro atoms.